The second-order valence-electron chi connectivity index (χ2n) is 6.73. The van der Waals surface area contributed by atoms with Gasteiger partial charge in [0.05, 0.1) is 22.1 Å². The van der Waals surface area contributed by atoms with Gasteiger partial charge in [0, 0.05) is 19.2 Å². The first kappa shape index (κ1) is 20.5. The lowest BCUT2D eigenvalue weighted by molar-refractivity contribution is 0.115. The Morgan fingerprint density at radius 3 is 2.71 bits per heavy atom. The minimum atomic E-state index is -0.323. The molecule has 0 aliphatic carbocycles. The second-order valence-corrected chi connectivity index (χ2v) is 7.54. The Hall–Kier alpha value is -2.24. The molecule has 1 aliphatic rings. The molecule has 0 N–H and O–H groups in total. The van der Waals surface area contributed by atoms with E-state index in [1.165, 1.54) is 0 Å². The van der Waals surface area contributed by atoms with Crippen molar-refractivity contribution in [3.8, 4) is 5.75 Å². The van der Waals surface area contributed by atoms with Crippen LogP contribution in [0, 0.1) is 13.8 Å². The summed E-state index contributed by atoms with van der Waals surface area (Å²) < 4.78 is 6.23. The van der Waals surface area contributed by atoms with Crippen LogP contribution >= 0.6 is 23.2 Å². The zero-order valence-electron chi connectivity index (χ0n) is 16.4. The van der Waals surface area contributed by atoms with Gasteiger partial charge in [0.2, 0.25) is 0 Å². The van der Waals surface area contributed by atoms with Gasteiger partial charge in [-0.3, -0.25) is 0 Å². The highest BCUT2D eigenvalue weighted by Crippen LogP contribution is 2.31. The second kappa shape index (κ2) is 8.84. The third-order valence-electron chi connectivity index (χ3n) is 4.56. The Kier molecular flexibility index (Phi) is 6.47. The molecule has 0 saturated heterocycles. The van der Waals surface area contributed by atoms with Gasteiger partial charge >= 0.3 is 0 Å². The SMILES string of the molecule is CCN(C)C=Nc1cc(C)c(OC2CON=C2c2ccc(Cl)c(Cl)c2)cc1C. The van der Waals surface area contributed by atoms with Gasteiger partial charge in [0.25, 0.3) is 0 Å². The fourth-order valence-electron chi connectivity index (χ4n) is 2.73. The van der Waals surface area contributed by atoms with Crippen LogP contribution in [0.4, 0.5) is 5.69 Å². The van der Waals surface area contributed by atoms with E-state index in [9.17, 15) is 0 Å². The Morgan fingerprint density at radius 2 is 2.00 bits per heavy atom. The largest absolute Gasteiger partial charge is 0.480 e. The van der Waals surface area contributed by atoms with Gasteiger partial charge in [-0.1, -0.05) is 34.4 Å². The van der Waals surface area contributed by atoms with Gasteiger partial charge in [0.1, 0.15) is 11.5 Å². The van der Waals surface area contributed by atoms with Crippen molar-refractivity contribution < 1.29 is 9.57 Å². The van der Waals surface area contributed by atoms with Crippen LogP contribution in [-0.2, 0) is 4.84 Å². The molecule has 1 aliphatic heterocycles. The van der Waals surface area contributed by atoms with E-state index in [4.69, 9.17) is 32.8 Å². The lowest BCUT2D eigenvalue weighted by Crippen LogP contribution is -2.28. The maximum atomic E-state index is 6.23. The molecule has 1 heterocycles. The highest BCUT2D eigenvalue weighted by Gasteiger charge is 2.28. The number of rotatable bonds is 6. The molecular formula is C21H23Cl2N3O2. The summed E-state index contributed by atoms with van der Waals surface area (Å²) in [6.07, 6.45) is 1.51. The molecule has 0 radical (unpaired) electrons. The van der Waals surface area contributed by atoms with E-state index >= 15 is 0 Å². The number of aliphatic imine (C=N–C) groups is 1. The molecule has 1 unspecified atom stereocenters. The van der Waals surface area contributed by atoms with Crippen molar-refractivity contribution in [3.63, 3.8) is 0 Å². The molecule has 0 spiro atoms. The topological polar surface area (TPSA) is 46.4 Å². The Labute approximate surface area is 175 Å². The van der Waals surface area contributed by atoms with E-state index in [1.54, 1.807) is 12.1 Å². The molecule has 2 aromatic carbocycles. The highest BCUT2D eigenvalue weighted by molar-refractivity contribution is 6.42. The number of halogens is 2. The zero-order chi connectivity index (χ0) is 20.3. The van der Waals surface area contributed by atoms with Gasteiger partial charge in [0.15, 0.2) is 12.7 Å². The molecule has 3 rings (SSSR count). The van der Waals surface area contributed by atoms with E-state index in [0.29, 0.717) is 22.4 Å². The van der Waals surface area contributed by atoms with Crippen LogP contribution in [0.25, 0.3) is 0 Å². The number of oxime groups is 1. The number of benzene rings is 2. The molecule has 0 fully saturated rings. The predicted octanol–water partition coefficient (Wildman–Crippen LogP) is 5.40. The van der Waals surface area contributed by atoms with E-state index in [1.807, 2.05) is 50.3 Å². The maximum Gasteiger partial charge on any atom is 0.181 e. The Balaban J connectivity index is 1.81. The van der Waals surface area contributed by atoms with Gasteiger partial charge in [-0.2, -0.15) is 0 Å². The van der Waals surface area contributed by atoms with E-state index < -0.39 is 0 Å². The van der Waals surface area contributed by atoms with Crippen LogP contribution in [-0.4, -0.2) is 43.3 Å². The van der Waals surface area contributed by atoms with Gasteiger partial charge in [-0.25, -0.2) is 4.99 Å². The number of hydrogen-bond donors (Lipinski definition) is 0. The van der Waals surface area contributed by atoms with Crippen LogP contribution in [0.1, 0.15) is 23.6 Å². The molecule has 7 heteroatoms. The minimum Gasteiger partial charge on any atom is -0.480 e. The first-order valence-corrected chi connectivity index (χ1v) is 9.82. The number of aryl methyl sites for hydroxylation is 2. The van der Waals surface area contributed by atoms with Crippen molar-refractivity contribution in [1.29, 1.82) is 0 Å². The fraction of sp³-hybridized carbons (Fsp3) is 0.333. The van der Waals surface area contributed by atoms with E-state index in [2.05, 4.69) is 17.1 Å². The first-order valence-electron chi connectivity index (χ1n) is 9.06. The summed E-state index contributed by atoms with van der Waals surface area (Å²) in [5.41, 5.74) is 4.48. The summed E-state index contributed by atoms with van der Waals surface area (Å²) in [6.45, 7) is 7.35. The average molecular weight is 420 g/mol. The molecule has 148 valence electrons. The average Bonchev–Trinajstić information content (AvgIpc) is 3.13. The van der Waals surface area contributed by atoms with E-state index in [0.717, 1.165) is 34.7 Å². The monoisotopic (exact) mass is 419 g/mol. The highest BCUT2D eigenvalue weighted by atomic mass is 35.5. The zero-order valence-corrected chi connectivity index (χ0v) is 17.9. The van der Waals surface area contributed by atoms with Crippen molar-refractivity contribution in [1.82, 2.24) is 4.90 Å². The fourth-order valence-corrected chi connectivity index (χ4v) is 3.03. The summed E-state index contributed by atoms with van der Waals surface area (Å²) >= 11 is 12.2. The molecule has 5 nitrogen and oxygen atoms in total. The van der Waals surface area contributed by atoms with Gasteiger partial charge < -0.3 is 14.5 Å². The number of nitrogens with zero attached hydrogens (tertiary/aromatic N) is 3. The standard InChI is InChI=1S/C21H23Cl2N3O2/c1-5-26(4)12-24-18-8-14(3)19(9-13(18)2)28-20-11-27-25-21(20)15-6-7-16(22)17(23)10-15/h6-10,12,20H,5,11H2,1-4H3. The smallest absolute Gasteiger partial charge is 0.181 e. The summed E-state index contributed by atoms with van der Waals surface area (Å²) in [4.78, 5) is 11.9. The molecular weight excluding hydrogens is 397 g/mol. The molecule has 0 amide bonds. The molecule has 0 aromatic heterocycles. The van der Waals surface area contributed by atoms with Crippen molar-refractivity contribution >= 4 is 40.9 Å². The normalized spacial score (nSPS) is 16.2. The summed E-state index contributed by atoms with van der Waals surface area (Å²) in [7, 11) is 1.99. The van der Waals surface area contributed by atoms with E-state index in [-0.39, 0.29) is 6.10 Å². The number of hydrogen-bond acceptors (Lipinski definition) is 4. The molecule has 0 saturated carbocycles. The summed E-state index contributed by atoms with van der Waals surface area (Å²) in [5, 5.41) is 5.11. The molecule has 1 atom stereocenters. The maximum absolute atomic E-state index is 6.23. The molecule has 0 bridgehead atoms. The van der Waals surface area contributed by atoms with Crippen LogP contribution < -0.4 is 4.74 Å². The Bertz CT molecular complexity index is 928. The molecule has 2 aromatic rings. The van der Waals surface area contributed by atoms with Crippen molar-refractivity contribution in [2.24, 2.45) is 10.1 Å². The van der Waals surface area contributed by atoms with Crippen LogP contribution in [0.15, 0.2) is 40.5 Å². The van der Waals surface area contributed by atoms with Crippen molar-refractivity contribution in [2.75, 3.05) is 20.2 Å². The lowest BCUT2D eigenvalue weighted by Gasteiger charge is -2.17. The summed E-state index contributed by atoms with van der Waals surface area (Å²) in [6, 6.07) is 9.40. The van der Waals surface area contributed by atoms with Gasteiger partial charge in [-0.15, -0.1) is 0 Å². The van der Waals surface area contributed by atoms with Crippen LogP contribution in [0.3, 0.4) is 0 Å². The van der Waals surface area contributed by atoms with Crippen molar-refractivity contribution in [3.05, 3.63) is 57.1 Å². The Morgan fingerprint density at radius 1 is 1.21 bits per heavy atom. The minimum absolute atomic E-state index is 0.323. The van der Waals surface area contributed by atoms with Crippen LogP contribution in [0.5, 0.6) is 5.75 Å². The predicted molar refractivity (Wildman–Crippen MR) is 116 cm³/mol. The van der Waals surface area contributed by atoms with Crippen molar-refractivity contribution in [2.45, 2.75) is 26.9 Å². The first-order chi connectivity index (χ1) is 13.4. The van der Waals surface area contributed by atoms with Gasteiger partial charge in [-0.05, 0) is 56.2 Å². The third-order valence-corrected chi connectivity index (χ3v) is 5.30. The number of ether oxygens (including phenoxy) is 1. The van der Waals surface area contributed by atoms with Crippen LogP contribution in [0.2, 0.25) is 10.0 Å². The quantitative estimate of drug-likeness (QED) is 0.464. The third kappa shape index (κ3) is 4.59. The molecule has 28 heavy (non-hydrogen) atoms. The lowest BCUT2D eigenvalue weighted by atomic mass is 10.1. The summed E-state index contributed by atoms with van der Waals surface area (Å²) in [5.74, 6) is 0.781.